The topological polar surface area (TPSA) is 66.4 Å². The number of terminal acetylenes is 1. The maximum absolute atomic E-state index is 12.9. The Kier molecular flexibility index (Phi) is 4.65. The fourth-order valence-electron chi connectivity index (χ4n) is 1.91. The monoisotopic (exact) mass is 259 g/mol. The number of halogens is 2. The van der Waals surface area contributed by atoms with Crippen LogP contribution in [0.25, 0.3) is 0 Å². The average Bonchev–Trinajstić information content (AvgIpc) is 2.28. The van der Waals surface area contributed by atoms with Crippen LogP contribution in [0.1, 0.15) is 32.1 Å². The molecule has 0 aromatic heterocycles. The lowest BCUT2D eigenvalue weighted by Crippen LogP contribution is -2.44. The van der Waals surface area contributed by atoms with E-state index in [1.165, 1.54) is 0 Å². The van der Waals surface area contributed by atoms with Gasteiger partial charge in [0.05, 0.1) is 0 Å². The number of carboxylic acids is 1. The van der Waals surface area contributed by atoms with Gasteiger partial charge in [-0.05, 0) is 12.8 Å². The van der Waals surface area contributed by atoms with Gasteiger partial charge in [0, 0.05) is 25.2 Å². The zero-order chi connectivity index (χ0) is 13.8. The van der Waals surface area contributed by atoms with Crippen LogP contribution in [-0.2, 0) is 9.59 Å². The van der Waals surface area contributed by atoms with E-state index in [1.54, 1.807) is 0 Å². The van der Waals surface area contributed by atoms with Gasteiger partial charge in [-0.15, -0.1) is 12.3 Å². The molecule has 18 heavy (non-hydrogen) atoms. The summed E-state index contributed by atoms with van der Waals surface area (Å²) in [6.07, 6.45) is 4.34. The van der Waals surface area contributed by atoms with Gasteiger partial charge in [0.1, 0.15) is 6.04 Å². The van der Waals surface area contributed by atoms with E-state index < -0.39 is 29.8 Å². The van der Waals surface area contributed by atoms with Crippen LogP contribution in [0.2, 0.25) is 0 Å². The zero-order valence-corrected chi connectivity index (χ0v) is 9.79. The molecule has 0 saturated heterocycles. The minimum Gasteiger partial charge on any atom is -0.480 e. The van der Waals surface area contributed by atoms with Crippen LogP contribution in [0.4, 0.5) is 8.78 Å². The Hall–Kier alpha value is -1.64. The maximum atomic E-state index is 12.9. The summed E-state index contributed by atoms with van der Waals surface area (Å²) >= 11 is 0. The molecule has 0 aromatic carbocycles. The molecule has 2 N–H and O–H groups in total. The van der Waals surface area contributed by atoms with E-state index >= 15 is 0 Å². The number of amides is 1. The summed E-state index contributed by atoms with van der Waals surface area (Å²) in [6, 6.07) is -1.15. The Labute approximate surface area is 104 Å². The highest BCUT2D eigenvalue weighted by atomic mass is 19.3. The number of hydrogen-bond donors (Lipinski definition) is 2. The molecule has 0 spiro atoms. The van der Waals surface area contributed by atoms with Gasteiger partial charge in [-0.3, -0.25) is 4.79 Å². The molecule has 4 nitrogen and oxygen atoms in total. The third kappa shape index (κ3) is 3.99. The second-order valence-corrected chi connectivity index (χ2v) is 4.44. The van der Waals surface area contributed by atoms with E-state index in [1.807, 2.05) is 0 Å². The third-order valence-corrected chi connectivity index (χ3v) is 3.02. The van der Waals surface area contributed by atoms with Crippen molar-refractivity contribution >= 4 is 11.9 Å². The van der Waals surface area contributed by atoms with Crippen molar-refractivity contribution in [2.24, 2.45) is 5.92 Å². The summed E-state index contributed by atoms with van der Waals surface area (Å²) in [5.74, 6) is -2.83. The third-order valence-electron chi connectivity index (χ3n) is 3.02. The molecule has 1 aliphatic rings. The van der Waals surface area contributed by atoms with Crippen LogP contribution in [0.15, 0.2) is 0 Å². The second-order valence-electron chi connectivity index (χ2n) is 4.44. The normalized spacial score (nSPS) is 20.7. The summed E-state index contributed by atoms with van der Waals surface area (Å²) in [5, 5.41) is 11.1. The van der Waals surface area contributed by atoms with Gasteiger partial charge in [-0.1, -0.05) is 0 Å². The molecule has 1 rings (SSSR count). The average molecular weight is 259 g/mol. The minimum absolute atomic E-state index is 0.0707. The fourth-order valence-corrected chi connectivity index (χ4v) is 1.91. The molecule has 0 aliphatic heterocycles. The number of carbonyl (C=O) groups is 2. The highest BCUT2D eigenvalue weighted by Crippen LogP contribution is 2.36. The first kappa shape index (κ1) is 14.4. The van der Waals surface area contributed by atoms with Gasteiger partial charge in [0.25, 0.3) is 0 Å². The summed E-state index contributed by atoms with van der Waals surface area (Å²) in [7, 11) is 0. The van der Waals surface area contributed by atoms with Crippen molar-refractivity contribution in [2.45, 2.75) is 44.1 Å². The highest BCUT2D eigenvalue weighted by Gasteiger charge is 2.38. The maximum Gasteiger partial charge on any atom is 0.327 e. The number of aliphatic carboxylic acids is 1. The van der Waals surface area contributed by atoms with Gasteiger partial charge in [-0.25, -0.2) is 13.6 Å². The molecule has 1 aliphatic carbocycles. The van der Waals surface area contributed by atoms with E-state index in [2.05, 4.69) is 11.2 Å². The van der Waals surface area contributed by atoms with E-state index in [4.69, 9.17) is 11.5 Å². The van der Waals surface area contributed by atoms with Crippen molar-refractivity contribution < 1.29 is 23.5 Å². The Morgan fingerprint density at radius 1 is 1.44 bits per heavy atom. The molecule has 1 atom stereocenters. The first-order valence-electron chi connectivity index (χ1n) is 5.70. The van der Waals surface area contributed by atoms with Crippen LogP contribution >= 0.6 is 0 Å². The molecule has 0 aromatic rings. The Bertz CT molecular complexity index is 366. The van der Waals surface area contributed by atoms with Crippen LogP contribution in [0.5, 0.6) is 0 Å². The van der Waals surface area contributed by atoms with Crippen LogP contribution in [0.3, 0.4) is 0 Å². The number of nitrogens with one attached hydrogen (secondary N) is 1. The SMILES string of the molecule is C#CCC(NC(=O)C1CCC(F)(F)CC1)C(=O)O. The highest BCUT2D eigenvalue weighted by molar-refractivity contribution is 5.85. The molecule has 0 heterocycles. The summed E-state index contributed by atoms with van der Waals surface area (Å²) in [6.45, 7) is 0. The van der Waals surface area contributed by atoms with Gasteiger partial charge in [0.2, 0.25) is 11.8 Å². The first-order valence-corrected chi connectivity index (χ1v) is 5.70. The molecular formula is C12H15F2NO3. The predicted molar refractivity (Wildman–Crippen MR) is 59.9 cm³/mol. The number of carbonyl (C=O) groups excluding carboxylic acids is 1. The van der Waals surface area contributed by atoms with Crippen LogP contribution < -0.4 is 5.32 Å². The molecule has 1 saturated carbocycles. The van der Waals surface area contributed by atoms with Crippen molar-refractivity contribution in [2.75, 3.05) is 0 Å². The second kappa shape index (κ2) is 5.80. The van der Waals surface area contributed by atoms with Crippen molar-refractivity contribution in [1.82, 2.24) is 5.32 Å². The number of rotatable bonds is 4. The molecule has 100 valence electrons. The smallest absolute Gasteiger partial charge is 0.327 e. The Balaban J connectivity index is 2.51. The number of carboxylic acid groups (broad SMARTS) is 1. The van der Waals surface area contributed by atoms with Crippen molar-refractivity contribution in [3.05, 3.63) is 0 Å². The van der Waals surface area contributed by atoms with Gasteiger partial charge < -0.3 is 10.4 Å². The van der Waals surface area contributed by atoms with E-state index in [0.29, 0.717) is 0 Å². The first-order chi connectivity index (χ1) is 8.35. The fraction of sp³-hybridized carbons (Fsp3) is 0.667. The van der Waals surface area contributed by atoms with E-state index in [9.17, 15) is 18.4 Å². The summed E-state index contributed by atoms with van der Waals surface area (Å²) in [4.78, 5) is 22.5. The van der Waals surface area contributed by atoms with E-state index in [-0.39, 0.29) is 32.1 Å². The predicted octanol–water partition coefficient (Wildman–Crippen LogP) is 1.40. The molecule has 0 radical (unpaired) electrons. The molecule has 1 fully saturated rings. The Morgan fingerprint density at radius 3 is 2.44 bits per heavy atom. The van der Waals surface area contributed by atoms with Crippen molar-refractivity contribution in [3.8, 4) is 12.3 Å². The van der Waals surface area contributed by atoms with Gasteiger partial charge >= 0.3 is 5.97 Å². The minimum atomic E-state index is -2.71. The molecule has 1 amide bonds. The van der Waals surface area contributed by atoms with Crippen molar-refractivity contribution in [1.29, 1.82) is 0 Å². The van der Waals surface area contributed by atoms with Gasteiger partial charge in [0.15, 0.2) is 0 Å². The summed E-state index contributed by atoms with van der Waals surface area (Å²) < 4.78 is 25.8. The molecule has 6 heteroatoms. The van der Waals surface area contributed by atoms with Crippen LogP contribution in [-0.4, -0.2) is 28.9 Å². The summed E-state index contributed by atoms with van der Waals surface area (Å²) in [5.41, 5.74) is 0. The number of alkyl halides is 2. The number of hydrogen-bond acceptors (Lipinski definition) is 2. The zero-order valence-electron chi connectivity index (χ0n) is 9.79. The molecule has 0 bridgehead atoms. The largest absolute Gasteiger partial charge is 0.480 e. The molecule has 1 unspecified atom stereocenters. The standard InChI is InChI=1S/C12H15F2NO3/c1-2-3-9(11(17)18)15-10(16)8-4-6-12(13,14)7-5-8/h1,8-9H,3-7H2,(H,15,16)(H,17,18). The lowest BCUT2D eigenvalue weighted by molar-refractivity contribution is -0.143. The van der Waals surface area contributed by atoms with Gasteiger partial charge in [-0.2, -0.15) is 0 Å². The lowest BCUT2D eigenvalue weighted by atomic mass is 9.86. The van der Waals surface area contributed by atoms with E-state index in [0.717, 1.165) is 0 Å². The van der Waals surface area contributed by atoms with Crippen LogP contribution in [0, 0.1) is 18.3 Å². The molecular weight excluding hydrogens is 244 g/mol. The van der Waals surface area contributed by atoms with Crippen molar-refractivity contribution in [3.63, 3.8) is 0 Å². The Morgan fingerprint density at radius 2 is 2.00 bits per heavy atom. The lowest BCUT2D eigenvalue weighted by Gasteiger charge is -2.28. The quantitative estimate of drug-likeness (QED) is 0.750.